The third-order valence-electron chi connectivity index (χ3n) is 1.70. The Hall–Kier alpha value is -1.94. The highest BCUT2D eigenvalue weighted by atomic mass is 14.8. The average molecular weight is 172 g/mol. The van der Waals surface area contributed by atoms with Crippen LogP contribution in [0.3, 0.4) is 0 Å². The minimum absolute atomic E-state index is 0.0923. The molecule has 0 saturated heterocycles. The maximum Gasteiger partial charge on any atom is 0.176 e. The van der Waals surface area contributed by atoms with Crippen LogP contribution in [0.4, 0.5) is 0 Å². The van der Waals surface area contributed by atoms with Crippen LogP contribution < -0.4 is 0 Å². The molecule has 13 heavy (non-hydrogen) atoms. The number of allylic oxidation sites excluding steroid dienone is 2. The van der Waals surface area contributed by atoms with Crippen molar-refractivity contribution in [3.8, 4) is 12.1 Å². The van der Waals surface area contributed by atoms with Crippen molar-refractivity contribution in [2.75, 3.05) is 0 Å². The van der Waals surface area contributed by atoms with E-state index in [1.807, 2.05) is 19.1 Å². The van der Waals surface area contributed by atoms with E-state index >= 15 is 0 Å². The van der Waals surface area contributed by atoms with E-state index in [4.69, 9.17) is 10.5 Å². The maximum absolute atomic E-state index is 8.63. The lowest BCUT2D eigenvalue weighted by Crippen LogP contribution is -1.99. The van der Waals surface area contributed by atoms with Gasteiger partial charge in [0, 0.05) is 18.3 Å². The van der Waals surface area contributed by atoms with Crippen LogP contribution in [0.1, 0.15) is 13.3 Å². The van der Waals surface area contributed by atoms with Crippen molar-refractivity contribution in [1.29, 1.82) is 10.5 Å². The third kappa shape index (κ3) is 2.00. The number of nitrogens with zero attached hydrogens (tertiary/aromatic N) is 4. The molecular weight excluding hydrogens is 164 g/mol. The van der Waals surface area contributed by atoms with Crippen LogP contribution in [0, 0.1) is 28.6 Å². The van der Waals surface area contributed by atoms with Crippen molar-refractivity contribution in [1.82, 2.24) is 0 Å². The lowest BCUT2D eigenvalue weighted by molar-refractivity contribution is 0.889. The van der Waals surface area contributed by atoms with Crippen LogP contribution in [-0.4, -0.2) is 12.4 Å². The van der Waals surface area contributed by atoms with E-state index in [-0.39, 0.29) is 17.3 Å². The molecule has 1 rings (SSSR count). The van der Waals surface area contributed by atoms with Gasteiger partial charge in [0.25, 0.3) is 0 Å². The molecule has 0 aromatic rings. The molecule has 4 nitrogen and oxygen atoms in total. The summed E-state index contributed by atoms with van der Waals surface area (Å²) in [6.07, 6.45) is 4.16. The zero-order valence-electron chi connectivity index (χ0n) is 7.23. The summed E-state index contributed by atoms with van der Waals surface area (Å²) in [4.78, 5) is 7.78. The van der Waals surface area contributed by atoms with Crippen LogP contribution in [0.5, 0.6) is 0 Å². The van der Waals surface area contributed by atoms with Gasteiger partial charge in [-0.3, -0.25) is 0 Å². The van der Waals surface area contributed by atoms with Gasteiger partial charge in [-0.05, 0) is 6.42 Å². The lowest BCUT2D eigenvalue weighted by atomic mass is 10.1. The predicted molar refractivity (Wildman–Crippen MR) is 49.0 cm³/mol. The second kappa shape index (κ2) is 4.18. The van der Waals surface area contributed by atoms with Gasteiger partial charge in [0.2, 0.25) is 0 Å². The Balaban J connectivity index is 3.05. The Morgan fingerprint density at radius 3 is 2.00 bits per heavy atom. The molecule has 1 heterocycles. The van der Waals surface area contributed by atoms with Crippen molar-refractivity contribution in [3.63, 3.8) is 0 Å². The Bertz CT molecular complexity index is 328. The van der Waals surface area contributed by atoms with Crippen LogP contribution >= 0.6 is 0 Å². The molecule has 1 aliphatic heterocycles. The van der Waals surface area contributed by atoms with Crippen molar-refractivity contribution >= 4 is 12.4 Å². The molecule has 0 amide bonds. The molecule has 0 fully saturated rings. The quantitative estimate of drug-likeness (QED) is 0.600. The Kier molecular flexibility index (Phi) is 2.94. The summed E-state index contributed by atoms with van der Waals surface area (Å²) < 4.78 is 0. The van der Waals surface area contributed by atoms with E-state index in [0.717, 1.165) is 6.42 Å². The first-order chi connectivity index (χ1) is 6.31. The molecule has 0 aliphatic carbocycles. The molecule has 0 aromatic heterocycles. The van der Waals surface area contributed by atoms with Crippen LogP contribution in [0.2, 0.25) is 0 Å². The number of rotatable bonds is 1. The van der Waals surface area contributed by atoms with E-state index in [1.165, 1.54) is 0 Å². The number of aliphatic imine (C=N–C) groups is 2. The van der Waals surface area contributed by atoms with E-state index in [2.05, 4.69) is 9.98 Å². The van der Waals surface area contributed by atoms with Gasteiger partial charge >= 0.3 is 0 Å². The fraction of sp³-hybridized carbons (Fsp3) is 0.333. The Morgan fingerprint density at radius 1 is 1.23 bits per heavy atom. The number of nitriles is 2. The minimum Gasteiger partial charge on any atom is -0.246 e. The molecule has 0 aromatic carbocycles. The molecule has 0 bridgehead atoms. The minimum atomic E-state index is 0.0923. The summed E-state index contributed by atoms with van der Waals surface area (Å²) in [5.74, 6) is 0.120. The lowest BCUT2D eigenvalue weighted by Gasteiger charge is -1.96. The van der Waals surface area contributed by atoms with Gasteiger partial charge in [-0.25, -0.2) is 9.98 Å². The second-order valence-electron chi connectivity index (χ2n) is 2.55. The van der Waals surface area contributed by atoms with Crippen molar-refractivity contribution in [2.45, 2.75) is 13.3 Å². The van der Waals surface area contributed by atoms with E-state index in [0.29, 0.717) is 0 Å². The van der Waals surface area contributed by atoms with E-state index in [1.54, 1.807) is 12.4 Å². The van der Waals surface area contributed by atoms with Crippen LogP contribution in [0.15, 0.2) is 21.4 Å². The molecule has 0 radical (unpaired) electrons. The zero-order valence-corrected chi connectivity index (χ0v) is 7.23. The summed E-state index contributed by atoms with van der Waals surface area (Å²) in [6, 6.07) is 3.67. The highest BCUT2D eigenvalue weighted by molar-refractivity contribution is 5.86. The first-order valence-electron chi connectivity index (χ1n) is 3.94. The molecular formula is C9H8N4. The zero-order chi connectivity index (χ0) is 9.68. The number of hydrogen-bond donors (Lipinski definition) is 0. The molecule has 0 saturated carbocycles. The largest absolute Gasteiger partial charge is 0.246 e. The summed E-state index contributed by atoms with van der Waals surface area (Å²) in [5, 5.41) is 17.3. The smallest absolute Gasteiger partial charge is 0.176 e. The van der Waals surface area contributed by atoms with Crippen molar-refractivity contribution in [2.24, 2.45) is 15.9 Å². The summed E-state index contributed by atoms with van der Waals surface area (Å²) >= 11 is 0. The fourth-order valence-corrected chi connectivity index (χ4v) is 0.876. The van der Waals surface area contributed by atoms with Gasteiger partial charge in [0.15, 0.2) is 11.4 Å². The highest BCUT2D eigenvalue weighted by Gasteiger charge is 2.08. The fourth-order valence-electron chi connectivity index (χ4n) is 0.876. The van der Waals surface area contributed by atoms with E-state index in [9.17, 15) is 0 Å². The molecule has 4 heteroatoms. The highest BCUT2D eigenvalue weighted by Crippen LogP contribution is 2.11. The third-order valence-corrected chi connectivity index (χ3v) is 1.70. The first-order valence-corrected chi connectivity index (χ1v) is 3.94. The molecule has 0 spiro atoms. The normalized spacial score (nSPS) is 16.5. The van der Waals surface area contributed by atoms with Crippen LogP contribution in [-0.2, 0) is 0 Å². The van der Waals surface area contributed by atoms with Gasteiger partial charge in [0.1, 0.15) is 12.1 Å². The molecule has 0 N–H and O–H groups in total. The SMILES string of the molecule is CCC1C=NC(C#N)=C(C#N)N=C1. The molecule has 1 aliphatic rings. The van der Waals surface area contributed by atoms with Gasteiger partial charge in [0.05, 0.1) is 0 Å². The first kappa shape index (κ1) is 9.15. The molecule has 0 unspecified atom stereocenters. The topological polar surface area (TPSA) is 72.3 Å². The summed E-state index contributed by atoms with van der Waals surface area (Å²) in [7, 11) is 0. The standard InChI is InChI=1S/C9H8N4/c1-2-7-5-12-8(3-10)9(4-11)13-6-7/h5-7H,2H2,1H3. The van der Waals surface area contributed by atoms with Gasteiger partial charge < -0.3 is 0 Å². The van der Waals surface area contributed by atoms with Crippen molar-refractivity contribution in [3.05, 3.63) is 11.4 Å². The number of hydrogen-bond acceptors (Lipinski definition) is 4. The van der Waals surface area contributed by atoms with Gasteiger partial charge in [-0.15, -0.1) is 0 Å². The molecule has 64 valence electrons. The molecule has 0 atom stereocenters. The van der Waals surface area contributed by atoms with E-state index < -0.39 is 0 Å². The second-order valence-corrected chi connectivity index (χ2v) is 2.55. The van der Waals surface area contributed by atoms with Crippen molar-refractivity contribution < 1.29 is 0 Å². The van der Waals surface area contributed by atoms with Gasteiger partial charge in [-0.2, -0.15) is 10.5 Å². The Labute approximate surface area is 76.5 Å². The monoisotopic (exact) mass is 172 g/mol. The van der Waals surface area contributed by atoms with Crippen LogP contribution in [0.25, 0.3) is 0 Å². The summed E-state index contributed by atoms with van der Waals surface area (Å²) in [6.45, 7) is 1.99. The summed E-state index contributed by atoms with van der Waals surface area (Å²) in [5.41, 5.74) is 0.185. The Morgan fingerprint density at radius 2 is 1.69 bits per heavy atom. The predicted octanol–water partition coefficient (Wildman–Crippen LogP) is 1.43. The van der Waals surface area contributed by atoms with Gasteiger partial charge in [-0.1, -0.05) is 6.92 Å². The maximum atomic E-state index is 8.63. The average Bonchev–Trinajstić information content (AvgIpc) is 2.38.